The summed E-state index contributed by atoms with van der Waals surface area (Å²) in [7, 11) is 2.20. The molecule has 1 aliphatic rings. The van der Waals surface area contributed by atoms with Crippen molar-refractivity contribution in [2.24, 2.45) is 10.9 Å². The van der Waals surface area contributed by atoms with Crippen LogP contribution in [0.5, 0.6) is 0 Å². The third-order valence-electron chi connectivity index (χ3n) is 5.14. The van der Waals surface area contributed by atoms with Gasteiger partial charge in [0, 0.05) is 51.9 Å². The van der Waals surface area contributed by atoms with Crippen LogP contribution in [0.3, 0.4) is 0 Å². The van der Waals surface area contributed by atoms with E-state index in [9.17, 15) is 0 Å². The second-order valence-electron chi connectivity index (χ2n) is 7.78. The average Bonchev–Trinajstić information content (AvgIpc) is 3.19. The van der Waals surface area contributed by atoms with Gasteiger partial charge in [0.15, 0.2) is 5.96 Å². The summed E-state index contributed by atoms with van der Waals surface area (Å²) in [4.78, 5) is 9.87. The summed E-state index contributed by atoms with van der Waals surface area (Å²) in [5, 5.41) is 6.78. The number of piperazine rings is 1. The van der Waals surface area contributed by atoms with Crippen LogP contribution < -0.4 is 10.6 Å². The zero-order valence-corrected chi connectivity index (χ0v) is 20.9. The van der Waals surface area contributed by atoms with Gasteiger partial charge in [0.25, 0.3) is 0 Å². The molecule has 0 bridgehead atoms. The maximum Gasteiger partial charge on any atom is 0.191 e. The molecule has 8 heteroatoms. The normalized spacial score (nSPS) is 17.2. The highest BCUT2D eigenvalue weighted by atomic mass is 127. The average molecular weight is 521 g/mol. The minimum Gasteiger partial charge on any atom is -0.467 e. The standard InChI is InChI=1S/C21H39N5O2.HI/c1-5-22-21(23-9-7-14-27-17-19-8-6-15-28-19)24-16-20(18(2)3)26-12-10-25(4)11-13-26;/h6,8,15,18,20H,5,7,9-14,16-17H2,1-4H3,(H2,22,23,24);1H. The molecule has 0 radical (unpaired) electrons. The van der Waals surface area contributed by atoms with E-state index in [4.69, 9.17) is 14.1 Å². The molecule has 2 N–H and O–H groups in total. The van der Waals surface area contributed by atoms with E-state index in [-0.39, 0.29) is 24.0 Å². The first-order valence-corrected chi connectivity index (χ1v) is 10.6. The minimum absolute atomic E-state index is 0. The number of guanidine groups is 1. The third kappa shape index (κ3) is 10.1. The van der Waals surface area contributed by atoms with Crippen LogP contribution in [0.1, 0.15) is 33.0 Å². The maximum atomic E-state index is 5.63. The molecule has 7 nitrogen and oxygen atoms in total. The summed E-state index contributed by atoms with van der Waals surface area (Å²) in [6.45, 7) is 15.0. The van der Waals surface area contributed by atoms with Crippen molar-refractivity contribution in [1.82, 2.24) is 20.4 Å². The van der Waals surface area contributed by atoms with E-state index < -0.39 is 0 Å². The predicted molar refractivity (Wildman–Crippen MR) is 130 cm³/mol. The van der Waals surface area contributed by atoms with E-state index in [1.54, 1.807) is 6.26 Å². The molecule has 2 heterocycles. The molecule has 1 fully saturated rings. The Hall–Kier alpha value is -0.840. The molecule has 168 valence electrons. The fourth-order valence-corrected chi connectivity index (χ4v) is 3.38. The Kier molecular flexibility index (Phi) is 13.6. The number of aliphatic imine (C=N–C) groups is 1. The quantitative estimate of drug-likeness (QED) is 0.202. The molecular weight excluding hydrogens is 481 g/mol. The molecule has 1 aromatic heterocycles. The van der Waals surface area contributed by atoms with Gasteiger partial charge in [-0.15, -0.1) is 24.0 Å². The molecule has 1 aromatic rings. The second-order valence-corrected chi connectivity index (χ2v) is 7.78. The van der Waals surface area contributed by atoms with Crippen LogP contribution in [0, 0.1) is 5.92 Å². The lowest BCUT2D eigenvalue weighted by atomic mass is 10.0. The van der Waals surface area contributed by atoms with E-state index in [1.165, 1.54) is 0 Å². The smallest absolute Gasteiger partial charge is 0.191 e. The van der Waals surface area contributed by atoms with Gasteiger partial charge in [0.1, 0.15) is 12.4 Å². The number of nitrogens with one attached hydrogen (secondary N) is 2. The van der Waals surface area contributed by atoms with Gasteiger partial charge in [-0.25, -0.2) is 0 Å². The summed E-state index contributed by atoms with van der Waals surface area (Å²) in [5.41, 5.74) is 0. The Morgan fingerprint density at radius 3 is 2.62 bits per heavy atom. The van der Waals surface area contributed by atoms with Gasteiger partial charge in [0.05, 0.1) is 12.8 Å². The molecule has 0 spiro atoms. The van der Waals surface area contributed by atoms with Crippen molar-refractivity contribution < 1.29 is 9.15 Å². The number of nitrogens with zero attached hydrogens (tertiary/aromatic N) is 3. The molecule has 1 unspecified atom stereocenters. The monoisotopic (exact) mass is 521 g/mol. The molecule has 0 aromatic carbocycles. The topological polar surface area (TPSA) is 65.3 Å². The van der Waals surface area contributed by atoms with Gasteiger partial charge in [-0.1, -0.05) is 13.8 Å². The molecule has 2 rings (SSSR count). The van der Waals surface area contributed by atoms with Crippen molar-refractivity contribution in [3.8, 4) is 0 Å². The Bertz CT molecular complexity index is 545. The fourth-order valence-electron chi connectivity index (χ4n) is 3.38. The zero-order chi connectivity index (χ0) is 20.2. The maximum absolute atomic E-state index is 5.63. The summed E-state index contributed by atoms with van der Waals surface area (Å²) >= 11 is 0. The van der Waals surface area contributed by atoms with Crippen molar-refractivity contribution in [3.63, 3.8) is 0 Å². The van der Waals surface area contributed by atoms with Crippen LogP contribution in [-0.2, 0) is 11.3 Å². The van der Waals surface area contributed by atoms with Crippen molar-refractivity contribution in [2.75, 3.05) is 59.5 Å². The van der Waals surface area contributed by atoms with Gasteiger partial charge in [0.2, 0.25) is 0 Å². The molecule has 0 aliphatic carbocycles. The van der Waals surface area contributed by atoms with Crippen LogP contribution in [0.15, 0.2) is 27.8 Å². The predicted octanol–water partition coefficient (Wildman–Crippen LogP) is 2.63. The highest BCUT2D eigenvalue weighted by Crippen LogP contribution is 2.14. The lowest BCUT2D eigenvalue weighted by Gasteiger charge is -2.39. The van der Waals surface area contributed by atoms with Crippen molar-refractivity contribution in [2.45, 2.75) is 39.8 Å². The van der Waals surface area contributed by atoms with Gasteiger partial charge < -0.3 is 24.7 Å². The number of hydrogen-bond donors (Lipinski definition) is 2. The van der Waals surface area contributed by atoms with E-state index in [2.05, 4.69) is 48.3 Å². The first-order valence-electron chi connectivity index (χ1n) is 10.6. The molecule has 1 atom stereocenters. The first kappa shape index (κ1) is 26.2. The van der Waals surface area contributed by atoms with Crippen LogP contribution in [0.25, 0.3) is 0 Å². The number of rotatable bonds is 11. The molecule has 0 saturated carbocycles. The number of furan rings is 1. The summed E-state index contributed by atoms with van der Waals surface area (Å²) in [6.07, 6.45) is 2.60. The Morgan fingerprint density at radius 2 is 2.00 bits per heavy atom. The fraction of sp³-hybridized carbons (Fsp3) is 0.762. The summed E-state index contributed by atoms with van der Waals surface area (Å²) < 4.78 is 10.9. The Labute approximate surface area is 193 Å². The lowest BCUT2D eigenvalue weighted by molar-refractivity contribution is 0.0925. The Morgan fingerprint density at radius 1 is 1.24 bits per heavy atom. The molecular formula is C21H40IN5O2. The van der Waals surface area contributed by atoms with Crippen LogP contribution in [0.2, 0.25) is 0 Å². The summed E-state index contributed by atoms with van der Waals surface area (Å²) in [5.74, 6) is 2.35. The zero-order valence-electron chi connectivity index (χ0n) is 18.5. The lowest BCUT2D eigenvalue weighted by Crippen LogP contribution is -2.52. The van der Waals surface area contributed by atoms with Gasteiger partial charge in [-0.2, -0.15) is 0 Å². The number of halogens is 1. The van der Waals surface area contributed by atoms with Crippen molar-refractivity contribution in [3.05, 3.63) is 24.2 Å². The van der Waals surface area contributed by atoms with E-state index >= 15 is 0 Å². The van der Waals surface area contributed by atoms with Crippen LogP contribution >= 0.6 is 24.0 Å². The molecule has 1 aliphatic heterocycles. The van der Waals surface area contributed by atoms with E-state index in [0.29, 0.717) is 25.2 Å². The largest absolute Gasteiger partial charge is 0.467 e. The van der Waals surface area contributed by atoms with Crippen molar-refractivity contribution >= 4 is 29.9 Å². The number of ether oxygens (including phenoxy) is 1. The molecule has 1 saturated heterocycles. The van der Waals surface area contributed by atoms with Crippen LogP contribution in [0.4, 0.5) is 0 Å². The van der Waals surface area contributed by atoms with Gasteiger partial charge >= 0.3 is 0 Å². The van der Waals surface area contributed by atoms with Crippen molar-refractivity contribution in [1.29, 1.82) is 0 Å². The number of likely N-dealkylation sites (N-methyl/N-ethyl adjacent to an activating group) is 1. The number of hydrogen-bond acceptors (Lipinski definition) is 5. The first-order chi connectivity index (χ1) is 13.6. The molecule has 0 amide bonds. The minimum atomic E-state index is 0. The second kappa shape index (κ2) is 15.0. The Balaban J connectivity index is 0.00000420. The van der Waals surface area contributed by atoms with E-state index in [1.807, 2.05) is 12.1 Å². The summed E-state index contributed by atoms with van der Waals surface area (Å²) in [6, 6.07) is 4.30. The van der Waals surface area contributed by atoms with Crippen LogP contribution in [-0.4, -0.2) is 81.3 Å². The van der Waals surface area contributed by atoms with Gasteiger partial charge in [-0.3, -0.25) is 9.89 Å². The molecule has 29 heavy (non-hydrogen) atoms. The highest BCUT2D eigenvalue weighted by molar-refractivity contribution is 14.0. The third-order valence-corrected chi connectivity index (χ3v) is 5.14. The SMILES string of the molecule is CCNC(=NCC(C(C)C)N1CCN(C)CC1)NCCCOCc1ccco1.I. The highest BCUT2D eigenvalue weighted by Gasteiger charge is 2.24. The van der Waals surface area contributed by atoms with Gasteiger partial charge in [-0.05, 0) is 38.4 Å². The van der Waals surface area contributed by atoms with E-state index in [0.717, 1.165) is 64.0 Å².